The van der Waals surface area contributed by atoms with Gasteiger partial charge in [-0.2, -0.15) is 0 Å². The van der Waals surface area contributed by atoms with Gasteiger partial charge < -0.3 is 9.80 Å². The smallest absolute Gasteiger partial charge is 0.259 e. The molecule has 0 saturated heterocycles. The van der Waals surface area contributed by atoms with Crippen LogP contribution in [-0.2, 0) is 9.59 Å². The molecule has 1 heterocycles. The second-order valence-electron chi connectivity index (χ2n) is 6.37. The van der Waals surface area contributed by atoms with Crippen molar-refractivity contribution >= 4 is 23.1 Å². The van der Waals surface area contributed by atoms with Crippen molar-refractivity contribution in [2.45, 2.75) is 25.7 Å². The number of anilines is 1. The standard InChI is InChI=1S/C18H22N2O2/c1-19(2)17(21)11-15-14-9-5-6-10-16(14)20(18(15)22)12-13-7-3-4-8-13/h5-6,9-11,13H,3-4,7-8,12H2,1-2H3. The van der Waals surface area contributed by atoms with Crippen molar-refractivity contribution < 1.29 is 9.59 Å². The lowest BCUT2D eigenvalue weighted by Gasteiger charge is -2.21. The van der Waals surface area contributed by atoms with Crippen molar-refractivity contribution in [3.8, 4) is 0 Å². The highest BCUT2D eigenvalue weighted by molar-refractivity contribution is 6.34. The maximum absolute atomic E-state index is 12.8. The van der Waals surface area contributed by atoms with Gasteiger partial charge in [-0.15, -0.1) is 0 Å². The molecule has 0 unspecified atom stereocenters. The van der Waals surface area contributed by atoms with E-state index in [1.165, 1.54) is 36.7 Å². The molecule has 1 aliphatic carbocycles. The zero-order valence-corrected chi connectivity index (χ0v) is 13.2. The molecule has 1 aliphatic heterocycles. The molecule has 1 fully saturated rings. The first-order valence-corrected chi connectivity index (χ1v) is 7.92. The fourth-order valence-electron chi connectivity index (χ4n) is 3.33. The monoisotopic (exact) mass is 298 g/mol. The summed E-state index contributed by atoms with van der Waals surface area (Å²) >= 11 is 0. The van der Waals surface area contributed by atoms with E-state index >= 15 is 0 Å². The first kappa shape index (κ1) is 14.8. The molecule has 1 aromatic rings. The van der Waals surface area contributed by atoms with E-state index in [2.05, 4.69) is 0 Å². The van der Waals surface area contributed by atoms with Gasteiger partial charge in [0.2, 0.25) is 5.91 Å². The Morgan fingerprint density at radius 1 is 1.27 bits per heavy atom. The van der Waals surface area contributed by atoms with E-state index in [-0.39, 0.29) is 11.8 Å². The van der Waals surface area contributed by atoms with Crippen molar-refractivity contribution in [2.75, 3.05) is 25.5 Å². The summed E-state index contributed by atoms with van der Waals surface area (Å²) in [5.74, 6) is 0.394. The summed E-state index contributed by atoms with van der Waals surface area (Å²) < 4.78 is 0. The molecule has 2 amide bonds. The van der Waals surface area contributed by atoms with Crippen molar-refractivity contribution in [3.63, 3.8) is 0 Å². The Hall–Kier alpha value is -2.10. The summed E-state index contributed by atoms with van der Waals surface area (Å²) in [5, 5.41) is 0. The van der Waals surface area contributed by atoms with Gasteiger partial charge in [-0.05, 0) is 24.8 Å². The molecule has 0 aromatic heterocycles. The van der Waals surface area contributed by atoms with Crippen LogP contribution >= 0.6 is 0 Å². The van der Waals surface area contributed by atoms with Gasteiger partial charge in [-0.1, -0.05) is 31.0 Å². The maximum Gasteiger partial charge on any atom is 0.259 e. The van der Waals surface area contributed by atoms with Crippen molar-refractivity contribution in [2.24, 2.45) is 5.92 Å². The van der Waals surface area contributed by atoms with Crippen LogP contribution in [0.3, 0.4) is 0 Å². The third-order valence-corrected chi connectivity index (χ3v) is 4.58. The molecule has 0 radical (unpaired) electrons. The van der Waals surface area contributed by atoms with Gasteiger partial charge in [0.15, 0.2) is 0 Å². The highest BCUT2D eigenvalue weighted by atomic mass is 16.2. The first-order valence-electron chi connectivity index (χ1n) is 7.92. The Kier molecular flexibility index (Phi) is 4.01. The minimum atomic E-state index is -0.152. The zero-order chi connectivity index (χ0) is 15.7. The average molecular weight is 298 g/mol. The summed E-state index contributed by atoms with van der Waals surface area (Å²) in [5.41, 5.74) is 2.34. The molecule has 0 spiro atoms. The van der Waals surface area contributed by atoms with Crippen molar-refractivity contribution in [3.05, 3.63) is 35.9 Å². The molecule has 22 heavy (non-hydrogen) atoms. The number of amides is 2. The van der Waals surface area contributed by atoms with Gasteiger partial charge in [-0.25, -0.2) is 0 Å². The number of carbonyl (C=O) groups is 2. The predicted molar refractivity (Wildman–Crippen MR) is 87.4 cm³/mol. The van der Waals surface area contributed by atoms with E-state index in [1.807, 2.05) is 29.2 Å². The van der Waals surface area contributed by atoms with Crippen LogP contribution in [0.25, 0.3) is 5.57 Å². The number of carbonyl (C=O) groups excluding carboxylic acids is 2. The fourth-order valence-corrected chi connectivity index (χ4v) is 3.33. The SMILES string of the molecule is CN(C)C(=O)C=C1C(=O)N(CC2CCCC2)c2ccccc21. The normalized spacial score (nSPS) is 19.8. The minimum absolute atomic E-state index is 0.0386. The number of hydrogen-bond acceptors (Lipinski definition) is 2. The Labute approximate surface area is 131 Å². The average Bonchev–Trinajstić information content (AvgIpc) is 3.10. The maximum atomic E-state index is 12.8. The topological polar surface area (TPSA) is 40.6 Å². The molecule has 1 aromatic carbocycles. The number of para-hydroxylation sites is 1. The van der Waals surface area contributed by atoms with Crippen LogP contribution in [0.5, 0.6) is 0 Å². The lowest BCUT2D eigenvalue weighted by molar-refractivity contribution is -0.123. The Balaban J connectivity index is 1.93. The highest BCUT2D eigenvalue weighted by Gasteiger charge is 2.34. The van der Waals surface area contributed by atoms with Gasteiger partial charge in [0.1, 0.15) is 0 Å². The van der Waals surface area contributed by atoms with E-state index in [1.54, 1.807) is 14.1 Å². The number of benzene rings is 1. The number of nitrogens with zero attached hydrogens (tertiary/aromatic N) is 2. The van der Waals surface area contributed by atoms with Crippen molar-refractivity contribution in [1.82, 2.24) is 4.90 Å². The quantitative estimate of drug-likeness (QED) is 0.805. The second kappa shape index (κ2) is 5.95. The summed E-state index contributed by atoms with van der Waals surface area (Å²) in [6.45, 7) is 0.767. The second-order valence-corrected chi connectivity index (χ2v) is 6.37. The summed E-state index contributed by atoms with van der Waals surface area (Å²) in [7, 11) is 3.39. The third kappa shape index (κ3) is 2.65. The molecule has 1 saturated carbocycles. The fraction of sp³-hybridized carbons (Fsp3) is 0.444. The lowest BCUT2D eigenvalue weighted by Crippen LogP contribution is -2.31. The summed E-state index contributed by atoms with van der Waals surface area (Å²) in [4.78, 5) is 28.1. The van der Waals surface area contributed by atoms with Crippen LogP contribution in [0.1, 0.15) is 31.2 Å². The van der Waals surface area contributed by atoms with Gasteiger partial charge in [0, 0.05) is 32.3 Å². The van der Waals surface area contributed by atoms with E-state index in [0.29, 0.717) is 11.5 Å². The first-order chi connectivity index (χ1) is 10.6. The number of fused-ring (bicyclic) bond motifs is 1. The van der Waals surface area contributed by atoms with Gasteiger partial charge >= 0.3 is 0 Å². The van der Waals surface area contributed by atoms with Crippen LogP contribution in [0.2, 0.25) is 0 Å². The molecular formula is C18H22N2O2. The molecule has 3 rings (SSSR count). The van der Waals surface area contributed by atoms with Crippen molar-refractivity contribution in [1.29, 1.82) is 0 Å². The Morgan fingerprint density at radius 3 is 2.64 bits per heavy atom. The van der Waals surface area contributed by atoms with Crippen LogP contribution in [0.4, 0.5) is 5.69 Å². The number of hydrogen-bond donors (Lipinski definition) is 0. The summed E-state index contributed by atoms with van der Waals surface area (Å²) in [6, 6.07) is 7.77. The van der Waals surface area contributed by atoms with E-state index in [9.17, 15) is 9.59 Å². The molecule has 0 N–H and O–H groups in total. The van der Waals surface area contributed by atoms with E-state index in [0.717, 1.165) is 17.8 Å². The minimum Gasteiger partial charge on any atom is -0.345 e. The molecule has 4 heteroatoms. The van der Waals surface area contributed by atoms with Crippen LogP contribution < -0.4 is 4.90 Å². The molecule has 4 nitrogen and oxygen atoms in total. The molecule has 0 atom stereocenters. The van der Waals surface area contributed by atoms with Crippen LogP contribution in [0.15, 0.2) is 30.3 Å². The largest absolute Gasteiger partial charge is 0.345 e. The zero-order valence-electron chi connectivity index (χ0n) is 13.2. The lowest BCUT2D eigenvalue weighted by atomic mass is 10.1. The van der Waals surface area contributed by atoms with E-state index in [4.69, 9.17) is 0 Å². The summed E-state index contributed by atoms with van der Waals surface area (Å²) in [6.07, 6.45) is 6.38. The van der Waals surface area contributed by atoms with Crippen LogP contribution in [0, 0.1) is 5.92 Å². The van der Waals surface area contributed by atoms with E-state index < -0.39 is 0 Å². The van der Waals surface area contributed by atoms with Crippen LogP contribution in [-0.4, -0.2) is 37.4 Å². The molecule has 0 bridgehead atoms. The van der Waals surface area contributed by atoms with Gasteiger partial charge in [0.25, 0.3) is 5.91 Å². The Morgan fingerprint density at radius 2 is 1.95 bits per heavy atom. The third-order valence-electron chi connectivity index (χ3n) is 4.58. The molecule has 2 aliphatic rings. The number of rotatable bonds is 3. The molecular weight excluding hydrogens is 276 g/mol. The van der Waals surface area contributed by atoms with Gasteiger partial charge in [0.05, 0.1) is 11.3 Å². The van der Waals surface area contributed by atoms with Gasteiger partial charge in [-0.3, -0.25) is 9.59 Å². The number of likely N-dealkylation sites (N-methyl/N-ethyl adjacent to an activating group) is 1. The highest BCUT2D eigenvalue weighted by Crippen LogP contribution is 2.38. The molecule has 116 valence electrons. The Bertz CT molecular complexity index is 628. The predicted octanol–water partition coefficient (Wildman–Crippen LogP) is 2.70.